The van der Waals surface area contributed by atoms with Crippen LogP contribution in [0.5, 0.6) is 0 Å². The summed E-state index contributed by atoms with van der Waals surface area (Å²) in [5, 5.41) is 0. The molecule has 0 N–H and O–H groups in total. The summed E-state index contributed by atoms with van der Waals surface area (Å²) in [6.45, 7) is 1.70. The van der Waals surface area contributed by atoms with Crippen molar-refractivity contribution in [2.75, 3.05) is 0 Å². The van der Waals surface area contributed by atoms with Crippen LogP contribution in [0.15, 0.2) is 0 Å². The zero-order valence-electron chi connectivity index (χ0n) is 12.2. The van der Waals surface area contributed by atoms with Crippen LogP contribution in [-0.2, 0) is 9.59 Å². The van der Waals surface area contributed by atoms with E-state index in [1.165, 1.54) is 0 Å². The Morgan fingerprint density at radius 2 is 0.714 bits per heavy atom. The van der Waals surface area contributed by atoms with Crippen molar-refractivity contribution >= 4 is 6.15 Å². The maximum absolute atomic E-state index is 8.12. The lowest BCUT2D eigenvalue weighted by Gasteiger charge is -1.56. The molecular weight excluding hydrogens is 352 g/mol. The number of hydrogen-bond acceptors (Lipinski definition) is 4. The monoisotopic (exact) mass is 405 g/mol. The summed E-state index contributed by atoms with van der Waals surface area (Å²) >= 11 is 0. The third-order valence-electron chi connectivity index (χ3n) is 1.07. The zero-order valence-corrected chi connectivity index (χ0v) is 12.2. The summed E-state index contributed by atoms with van der Waals surface area (Å²) in [4.78, 5) is 30.2. The molecule has 0 saturated carbocycles. The Hall–Kier alpha value is -4.98. The Labute approximate surface area is 193 Å². The molecule has 0 aliphatic rings. The van der Waals surface area contributed by atoms with Gasteiger partial charge in [-0.05, 0) is 102 Å². The van der Waals surface area contributed by atoms with E-state index in [-0.39, 0.29) is 58.7 Å². The minimum absolute atomic E-state index is 0. The molecule has 0 saturated heterocycles. The van der Waals surface area contributed by atoms with E-state index in [9.17, 15) is 0 Å². The van der Waals surface area contributed by atoms with E-state index in [0.29, 0.717) is 0 Å². The highest BCUT2D eigenvalue weighted by Crippen LogP contribution is 1.58. The van der Waals surface area contributed by atoms with Crippen molar-refractivity contribution in [1.29, 1.82) is 0 Å². The summed E-state index contributed by atoms with van der Waals surface area (Å²) in [6, 6.07) is 0. The molecule has 0 aliphatic carbocycles. The Kier molecular flexibility index (Phi) is 89.1. The first-order valence-corrected chi connectivity index (χ1v) is 5.36. The SMILES string of the molecule is C.C.C.C.C#CC#CC#CC#CC#CC#CC#CC#CC#CC.O=C=O.O=O.[2HH].[HH].[HH].[HH].[HH].[HH].[HH].[HH].[HH].[HH].[HH].[HH].[HH].[HH].[HH].[HH]. The summed E-state index contributed by atoms with van der Waals surface area (Å²) < 4.78 is 0. The minimum atomic E-state index is 0. The van der Waals surface area contributed by atoms with Crippen LogP contribution in [0, 0.1) is 117 Å². The second kappa shape index (κ2) is 57.4. The van der Waals surface area contributed by atoms with Gasteiger partial charge in [-0.2, -0.15) is 9.59 Å². The maximum atomic E-state index is 8.12. The largest absolute Gasteiger partial charge is 0.373 e. The van der Waals surface area contributed by atoms with Gasteiger partial charge in [-0.15, -0.1) is 6.42 Å². The summed E-state index contributed by atoms with van der Waals surface area (Å²) in [5.74, 6) is 41.9. The average Bonchev–Trinajstić information content (AvgIpc) is 2.61. The van der Waals surface area contributed by atoms with Crippen LogP contribution in [0.3, 0.4) is 0 Å². The van der Waals surface area contributed by atoms with Crippen molar-refractivity contribution in [3.05, 3.63) is 9.93 Å². The molecule has 172 valence electrons. The van der Waals surface area contributed by atoms with E-state index in [2.05, 4.69) is 101 Å². The molecule has 0 spiro atoms. The van der Waals surface area contributed by atoms with E-state index in [1.807, 2.05) is 0 Å². The molecule has 28 heavy (non-hydrogen) atoms. The first-order valence-electron chi connectivity index (χ1n) is 5.36. The van der Waals surface area contributed by atoms with Gasteiger partial charge in [0.2, 0.25) is 0 Å². The Balaban J connectivity index is -0.00000000793. The number of hydrogen-bond donors (Lipinski definition) is 0. The van der Waals surface area contributed by atoms with Crippen molar-refractivity contribution in [2.24, 2.45) is 0 Å². The highest BCUT2D eigenvalue weighted by Gasteiger charge is 1.57. The van der Waals surface area contributed by atoms with Crippen molar-refractivity contribution in [1.82, 2.24) is 0 Å². The fourth-order valence-corrected chi connectivity index (χ4v) is 0.505. The van der Waals surface area contributed by atoms with Crippen molar-refractivity contribution in [3.8, 4) is 107 Å². The van der Waals surface area contributed by atoms with Gasteiger partial charge in [0.05, 0.1) is 0 Å². The van der Waals surface area contributed by atoms with E-state index < -0.39 is 0 Å². The molecule has 0 aromatic rings. The van der Waals surface area contributed by atoms with Crippen LogP contribution in [0.2, 0.25) is 0 Å². The summed E-state index contributed by atoms with van der Waals surface area (Å²) in [7, 11) is 0. The van der Waals surface area contributed by atoms with Gasteiger partial charge in [-0.25, -0.2) is 0 Å². The van der Waals surface area contributed by atoms with Crippen LogP contribution in [0.25, 0.3) is 0 Å². The third-order valence-corrected chi connectivity index (χ3v) is 1.07. The van der Waals surface area contributed by atoms with Gasteiger partial charge in [0, 0.05) is 32.8 Å². The normalized spacial score (nSPS) is 3.00. The lowest BCUT2D eigenvalue weighted by atomic mass is 10.5. The third kappa shape index (κ3) is 69.4. The molecule has 4 heteroatoms. The second-order valence-corrected chi connectivity index (χ2v) is 2.35. The molecule has 0 radical (unpaired) electrons. The fraction of sp³-hybridized carbons (Fsp3) is 0.208. The van der Waals surface area contributed by atoms with Gasteiger partial charge in [-0.3, -0.25) is 0 Å². The first kappa shape index (κ1) is 43.5. The molecule has 0 bridgehead atoms. The van der Waals surface area contributed by atoms with Crippen LogP contribution < -0.4 is 0 Å². The van der Waals surface area contributed by atoms with Gasteiger partial charge < -0.3 is 0 Å². The van der Waals surface area contributed by atoms with Crippen molar-refractivity contribution in [3.63, 3.8) is 0 Å². The first-order chi connectivity index (χ1) is 11.8. The molecule has 0 heterocycles. The van der Waals surface area contributed by atoms with Gasteiger partial charge in [0.25, 0.3) is 0 Å². The molecular formula is C24H52O4. The van der Waals surface area contributed by atoms with Gasteiger partial charge in [-0.1, -0.05) is 35.6 Å². The molecule has 0 amide bonds. The van der Waals surface area contributed by atoms with E-state index in [1.54, 1.807) is 6.92 Å². The van der Waals surface area contributed by atoms with E-state index >= 15 is 0 Å². The summed E-state index contributed by atoms with van der Waals surface area (Å²) in [5.41, 5.74) is 0. The number of terminal acetylenes is 1. The lowest BCUT2D eigenvalue weighted by molar-refractivity contribution is -0.191. The lowest BCUT2D eigenvalue weighted by Crippen LogP contribution is -1.56. The van der Waals surface area contributed by atoms with Gasteiger partial charge in [0.1, 0.15) is 0 Å². The Morgan fingerprint density at radius 1 is 0.536 bits per heavy atom. The molecule has 0 aromatic carbocycles. The molecule has 4 nitrogen and oxygen atoms in total. The van der Waals surface area contributed by atoms with Crippen molar-refractivity contribution in [2.45, 2.75) is 36.6 Å². The molecule has 0 unspecified atom stereocenters. The van der Waals surface area contributed by atoms with Crippen LogP contribution in [0.1, 0.15) is 59.5 Å². The predicted octanol–water partition coefficient (Wildman–Crippen LogP) is 6.63. The maximum Gasteiger partial charge on any atom is 0.373 e. The topological polar surface area (TPSA) is 68.3 Å². The smallest absolute Gasteiger partial charge is 0.186 e. The van der Waals surface area contributed by atoms with Crippen molar-refractivity contribution < 1.29 is 32.4 Å². The zero-order chi connectivity index (χ0) is 18.7. The van der Waals surface area contributed by atoms with Gasteiger partial charge in [0.15, 0.2) is 0 Å². The molecule has 0 rings (SSSR count). The fourth-order valence-electron chi connectivity index (χ4n) is 0.505. The van der Waals surface area contributed by atoms with Crippen LogP contribution in [-0.4, -0.2) is 6.15 Å². The number of rotatable bonds is 0. The average molecular weight is 406 g/mol. The molecule has 0 fully saturated rings. The van der Waals surface area contributed by atoms with E-state index in [4.69, 9.17) is 25.9 Å². The molecule has 0 aromatic heterocycles. The van der Waals surface area contributed by atoms with Crippen LogP contribution >= 0.6 is 0 Å². The Morgan fingerprint density at radius 3 is 0.893 bits per heavy atom. The second-order valence-electron chi connectivity index (χ2n) is 2.35. The molecule has 0 aliphatic heterocycles. The van der Waals surface area contributed by atoms with Crippen LogP contribution in [0.4, 0.5) is 0 Å². The standard InChI is InChI=1S/C19H4.CO2.4CH4.O2.16H2/c1-3-5-7-9-11-13-15-17-19-18-16-14-12-10-8-6-4-2;2-1-3;;;;;1-2;;;;;;;;;;;;;;;;/h1H,2H3;;4*1H4;;16*1H/i;;;;;;;1+1;;;;;;;;;;;;;;;. The quantitative estimate of drug-likeness (QED) is 0.424. The van der Waals surface area contributed by atoms with E-state index in [0.717, 1.165) is 0 Å². The highest BCUT2D eigenvalue weighted by atomic mass is 16.7. The number of carbonyl (C=O) groups excluding carboxylic acids is 2. The predicted molar refractivity (Wildman–Crippen MR) is 149 cm³/mol. The summed E-state index contributed by atoms with van der Waals surface area (Å²) in [6.07, 6.45) is 5.14. The Bertz CT molecular complexity index is 1010. The van der Waals surface area contributed by atoms with Gasteiger partial charge >= 0.3 is 6.15 Å². The minimum Gasteiger partial charge on any atom is -0.186 e. The molecule has 0 atom stereocenters. The highest BCUT2D eigenvalue weighted by molar-refractivity contribution is 5.46.